The van der Waals surface area contributed by atoms with E-state index in [4.69, 9.17) is 5.73 Å². The summed E-state index contributed by atoms with van der Waals surface area (Å²) in [5, 5.41) is 5.01. The van der Waals surface area contributed by atoms with Gasteiger partial charge in [-0.05, 0) is 19.3 Å². The number of hydrogen-bond acceptors (Lipinski definition) is 4. The normalized spacial score (nSPS) is 19.6. The first-order chi connectivity index (χ1) is 9.49. The molecule has 4 N–H and O–H groups in total. The average molecular weight is 283 g/mol. The highest BCUT2D eigenvalue weighted by atomic mass is 16.2. The molecule has 1 heterocycles. The summed E-state index contributed by atoms with van der Waals surface area (Å²) in [6.45, 7) is 4.30. The van der Waals surface area contributed by atoms with Gasteiger partial charge in [0.1, 0.15) is 6.04 Å². The Labute approximate surface area is 119 Å². The Hall–Kier alpha value is -1.43. The van der Waals surface area contributed by atoms with Gasteiger partial charge >= 0.3 is 0 Å². The Morgan fingerprint density at radius 2 is 1.95 bits per heavy atom. The fourth-order valence-corrected chi connectivity index (χ4v) is 2.75. The van der Waals surface area contributed by atoms with Crippen molar-refractivity contribution in [3.63, 3.8) is 0 Å². The number of amides is 3. The van der Waals surface area contributed by atoms with Crippen LogP contribution >= 0.6 is 0 Å². The highest BCUT2D eigenvalue weighted by molar-refractivity contribution is 6.02. The van der Waals surface area contributed by atoms with Crippen LogP contribution in [0.15, 0.2) is 0 Å². The lowest BCUT2D eigenvalue weighted by Gasteiger charge is -2.33. The van der Waals surface area contributed by atoms with E-state index in [1.807, 2.05) is 13.8 Å². The average Bonchev–Trinajstić information content (AvgIpc) is 2.41. The SMILES string of the molecule is CCCC(CN)(CCC)C(=O)NC1CCC(=O)NC1=O. The summed E-state index contributed by atoms with van der Waals surface area (Å²) >= 11 is 0. The predicted octanol–water partition coefficient (Wildman–Crippen LogP) is 0.453. The molecule has 6 heteroatoms. The first-order valence-corrected chi connectivity index (χ1v) is 7.33. The molecule has 1 aliphatic rings. The second kappa shape index (κ2) is 7.38. The van der Waals surface area contributed by atoms with Gasteiger partial charge in [0, 0.05) is 13.0 Å². The molecule has 1 fully saturated rings. The summed E-state index contributed by atoms with van der Waals surface area (Å²) in [5.74, 6) is -0.876. The van der Waals surface area contributed by atoms with Crippen LogP contribution in [0.1, 0.15) is 52.4 Å². The highest BCUT2D eigenvalue weighted by Crippen LogP contribution is 2.29. The van der Waals surface area contributed by atoms with Crippen molar-refractivity contribution in [2.45, 2.75) is 58.4 Å². The molecular formula is C14H25N3O3. The van der Waals surface area contributed by atoms with Crippen molar-refractivity contribution in [3.8, 4) is 0 Å². The molecule has 20 heavy (non-hydrogen) atoms. The third-order valence-corrected chi connectivity index (χ3v) is 3.87. The van der Waals surface area contributed by atoms with Gasteiger partial charge in [0.05, 0.1) is 5.41 Å². The minimum Gasteiger partial charge on any atom is -0.344 e. The molecule has 1 saturated heterocycles. The maximum absolute atomic E-state index is 12.5. The molecule has 1 rings (SSSR count). The van der Waals surface area contributed by atoms with E-state index < -0.39 is 17.4 Å². The second-order valence-electron chi connectivity index (χ2n) is 5.46. The van der Waals surface area contributed by atoms with Crippen molar-refractivity contribution in [3.05, 3.63) is 0 Å². The summed E-state index contributed by atoms with van der Waals surface area (Å²) < 4.78 is 0. The molecule has 1 aliphatic heterocycles. The molecule has 0 saturated carbocycles. The van der Waals surface area contributed by atoms with E-state index in [0.717, 1.165) is 12.8 Å². The van der Waals surface area contributed by atoms with Gasteiger partial charge in [-0.15, -0.1) is 0 Å². The van der Waals surface area contributed by atoms with Gasteiger partial charge in [0.2, 0.25) is 17.7 Å². The first kappa shape index (κ1) is 16.6. The summed E-state index contributed by atoms with van der Waals surface area (Å²) in [6.07, 6.45) is 3.75. The van der Waals surface area contributed by atoms with Crippen molar-refractivity contribution in [1.82, 2.24) is 10.6 Å². The molecule has 0 aromatic carbocycles. The lowest BCUT2D eigenvalue weighted by Crippen LogP contribution is -2.56. The number of imide groups is 1. The fourth-order valence-electron chi connectivity index (χ4n) is 2.75. The van der Waals surface area contributed by atoms with Crippen molar-refractivity contribution in [2.75, 3.05) is 6.54 Å². The van der Waals surface area contributed by atoms with Crippen LogP contribution in [0, 0.1) is 5.41 Å². The number of carbonyl (C=O) groups excluding carboxylic acids is 3. The maximum Gasteiger partial charge on any atom is 0.249 e. The highest BCUT2D eigenvalue weighted by Gasteiger charge is 2.38. The molecular weight excluding hydrogens is 258 g/mol. The number of piperidine rings is 1. The summed E-state index contributed by atoms with van der Waals surface area (Å²) in [5.41, 5.74) is 5.22. The van der Waals surface area contributed by atoms with Crippen LogP contribution in [0.5, 0.6) is 0 Å². The van der Waals surface area contributed by atoms with Gasteiger partial charge in [-0.2, -0.15) is 0 Å². The number of nitrogens with one attached hydrogen (secondary N) is 2. The van der Waals surface area contributed by atoms with E-state index >= 15 is 0 Å². The van der Waals surface area contributed by atoms with Crippen molar-refractivity contribution in [1.29, 1.82) is 0 Å². The van der Waals surface area contributed by atoms with Crippen molar-refractivity contribution < 1.29 is 14.4 Å². The van der Waals surface area contributed by atoms with Crippen molar-refractivity contribution >= 4 is 17.7 Å². The van der Waals surface area contributed by atoms with Crippen LogP contribution < -0.4 is 16.4 Å². The maximum atomic E-state index is 12.5. The third kappa shape index (κ3) is 3.79. The van der Waals surface area contributed by atoms with Gasteiger partial charge in [0.25, 0.3) is 0 Å². The Morgan fingerprint density at radius 3 is 2.40 bits per heavy atom. The molecule has 3 amide bonds. The van der Waals surface area contributed by atoms with E-state index in [1.54, 1.807) is 0 Å². The smallest absolute Gasteiger partial charge is 0.249 e. The Bertz CT molecular complexity index is 376. The topological polar surface area (TPSA) is 101 Å². The van der Waals surface area contributed by atoms with E-state index in [0.29, 0.717) is 19.3 Å². The molecule has 0 bridgehead atoms. The zero-order chi connectivity index (χ0) is 15.2. The van der Waals surface area contributed by atoms with Crippen molar-refractivity contribution in [2.24, 2.45) is 11.1 Å². The van der Waals surface area contributed by atoms with Gasteiger partial charge < -0.3 is 11.1 Å². The first-order valence-electron chi connectivity index (χ1n) is 7.33. The summed E-state index contributed by atoms with van der Waals surface area (Å²) in [6, 6.07) is -0.625. The van der Waals surface area contributed by atoms with Crippen LogP contribution in [0.3, 0.4) is 0 Å². The zero-order valence-electron chi connectivity index (χ0n) is 12.3. The molecule has 114 valence electrons. The Balaban J connectivity index is 2.75. The van der Waals surface area contributed by atoms with Crippen LogP contribution in [-0.2, 0) is 14.4 Å². The molecule has 0 aromatic heterocycles. The summed E-state index contributed by atoms with van der Waals surface area (Å²) in [7, 11) is 0. The lowest BCUT2D eigenvalue weighted by atomic mass is 9.78. The largest absolute Gasteiger partial charge is 0.344 e. The van der Waals surface area contributed by atoms with Gasteiger partial charge in [0.15, 0.2) is 0 Å². The molecule has 0 radical (unpaired) electrons. The minimum atomic E-state index is -0.625. The lowest BCUT2D eigenvalue weighted by molar-refractivity contribution is -0.140. The standard InChI is InChI=1S/C14H25N3O3/c1-3-7-14(9-15,8-4-2)13(20)16-10-5-6-11(18)17-12(10)19/h10H,3-9,15H2,1-2H3,(H,16,20)(H,17,18,19). The fraction of sp³-hybridized carbons (Fsp3) is 0.786. The number of nitrogens with two attached hydrogens (primary N) is 1. The van der Waals surface area contributed by atoms with Crippen LogP contribution in [0.25, 0.3) is 0 Å². The van der Waals surface area contributed by atoms with Crippen LogP contribution in [0.2, 0.25) is 0 Å². The zero-order valence-corrected chi connectivity index (χ0v) is 12.3. The van der Waals surface area contributed by atoms with Gasteiger partial charge in [-0.3, -0.25) is 19.7 Å². The Kier molecular flexibility index (Phi) is 6.13. The Morgan fingerprint density at radius 1 is 1.35 bits per heavy atom. The molecule has 1 unspecified atom stereocenters. The molecule has 0 aromatic rings. The number of rotatable bonds is 7. The number of hydrogen-bond donors (Lipinski definition) is 3. The number of carbonyl (C=O) groups is 3. The second-order valence-corrected chi connectivity index (χ2v) is 5.46. The van der Waals surface area contributed by atoms with E-state index in [-0.39, 0.29) is 24.8 Å². The van der Waals surface area contributed by atoms with E-state index in [1.165, 1.54) is 0 Å². The molecule has 6 nitrogen and oxygen atoms in total. The molecule has 1 atom stereocenters. The molecule has 0 spiro atoms. The van der Waals surface area contributed by atoms with Crippen LogP contribution in [-0.4, -0.2) is 30.3 Å². The quantitative estimate of drug-likeness (QED) is 0.590. The van der Waals surface area contributed by atoms with E-state index in [9.17, 15) is 14.4 Å². The summed E-state index contributed by atoms with van der Waals surface area (Å²) in [4.78, 5) is 35.3. The van der Waals surface area contributed by atoms with Gasteiger partial charge in [-0.1, -0.05) is 26.7 Å². The predicted molar refractivity (Wildman–Crippen MR) is 75.6 cm³/mol. The van der Waals surface area contributed by atoms with Crippen LogP contribution in [0.4, 0.5) is 0 Å². The minimum absolute atomic E-state index is 0.168. The van der Waals surface area contributed by atoms with Gasteiger partial charge in [-0.25, -0.2) is 0 Å². The molecule has 0 aliphatic carbocycles. The van der Waals surface area contributed by atoms with E-state index in [2.05, 4.69) is 10.6 Å². The third-order valence-electron chi connectivity index (χ3n) is 3.87. The monoisotopic (exact) mass is 283 g/mol.